The highest BCUT2D eigenvalue weighted by Crippen LogP contribution is 2.39. The van der Waals surface area contributed by atoms with Gasteiger partial charge in [0.15, 0.2) is 16.7 Å². The van der Waals surface area contributed by atoms with Gasteiger partial charge >= 0.3 is 12.4 Å². The fraction of sp³-hybridized carbons (Fsp3) is 0.267. The van der Waals surface area contributed by atoms with Gasteiger partial charge < -0.3 is 19.3 Å². The van der Waals surface area contributed by atoms with Gasteiger partial charge in [-0.25, -0.2) is 0 Å². The minimum Gasteiger partial charge on any atom is -0.493 e. The molecule has 232 valence electrons. The third-order valence-electron chi connectivity index (χ3n) is 6.94. The van der Waals surface area contributed by atoms with Crippen molar-refractivity contribution in [1.82, 2.24) is 4.90 Å². The molecule has 2 aliphatic rings. The molecular weight excluding hydrogens is 632 g/mol. The van der Waals surface area contributed by atoms with Crippen LogP contribution in [0, 0.1) is 0 Å². The highest BCUT2D eigenvalue weighted by molar-refractivity contribution is 8.18. The largest absolute Gasteiger partial charge is 0.493 e. The molecule has 1 fully saturated rings. The Hall–Kier alpha value is -3.84. The summed E-state index contributed by atoms with van der Waals surface area (Å²) in [7, 11) is 1.33. The Bertz CT molecular complexity index is 1620. The average Bonchev–Trinajstić information content (AvgIpc) is 3.35. The molecule has 14 heteroatoms. The summed E-state index contributed by atoms with van der Waals surface area (Å²) in [5, 5.41) is 1.25. The van der Waals surface area contributed by atoms with Crippen LogP contribution in [0.5, 0.6) is 11.5 Å². The van der Waals surface area contributed by atoms with E-state index in [1.807, 2.05) is 29.2 Å². The van der Waals surface area contributed by atoms with Crippen LogP contribution >= 0.6 is 23.4 Å². The summed E-state index contributed by atoms with van der Waals surface area (Å²) in [4.78, 5) is 21.5. The number of hydrogen-bond acceptors (Lipinski definition) is 6. The summed E-state index contributed by atoms with van der Waals surface area (Å²) < 4.78 is 90.4. The first-order valence-electron chi connectivity index (χ1n) is 13.2. The molecule has 0 unspecified atom stereocenters. The maximum Gasteiger partial charge on any atom is 0.416 e. The quantitative estimate of drug-likeness (QED) is 0.200. The smallest absolute Gasteiger partial charge is 0.416 e. The van der Waals surface area contributed by atoms with E-state index in [2.05, 4.69) is 9.89 Å². The number of methoxy groups -OCH3 is 1. The van der Waals surface area contributed by atoms with Crippen LogP contribution in [-0.4, -0.2) is 49.3 Å². The fourth-order valence-electron chi connectivity index (χ4n) is 4.70. The van der Waals surface area contributed by atoms with Crippen LogP contribution in [0.3, 0.4) is 0 Å². The lowest BCUT2D eigenvalue weighted by Crippen LogP contribution is -2.47. The molecule has 0 N–H and O–H groups in total. The molecule has 1 saturated heterocycles. The summed E-state index contributed by atoms with van der Waals surface area (Å²) in [6.45, 7) is 2.12. The zero-order valence-corrected chi connectivity index (χ0v) is 24.6. The van der Waals surface area contributed by atoms with Crippen molar-refractivity contribution in [1.29, 1.82) is 0 Å². The Morgan fingerprint density at radius 2 is 1.64 bits per heavy atom. The molecule has 1 amide bonds. The number of amidine groups is 1. The van der Waals surface area contributed by atoms with Gasteiger partial charge in [0, 0.05) is 42.5 Å². The normalized spacial score (nSPS) is 16.9. The van der Waals surface area contributed by atoms with Crippen LogP contribution in [0.1, 0.15) is 22.3 Å². The Balaban J connectivity index is 1.24. The van der Waals surface area contributed by atoms with Crippen molar-refractivity contribution in [2.75, 3.05) is 38.2 Å². The molecule has 0 aliphatic carbocycles. The molecule has 0 saturated carbocycles. The van der Waals surface area contributed by atoms with Crippen molar-refractivity contribution < 1.29 is 40.6 Å². The standard InChI is InChI=1S/C30H24ClF6N3O3S/c1-42-25-13-18(5-8-24(25)43-17-19-6-7-20(29(32,33)34)15-23(19)30(35,36)37)14-26-27(41)38-28(44-26)40-11-9-39(10-12-40)22-4-2-3-21(31)16-22/h2-8,13-16H,9-12,17H2,1H3/b26-14+. The number of rotatable bonds is 6. The SMILES string of the molecule is COc1cc(/C=C2/SC(N3CCN(c4cccc(Cl)c4)CC3)=NC2=O)ccc1OCc1ccc(C(F)(F)F)cc1C(F)(F)F. The van der Waals surface area contributed by atoms with Crippen LogP contribution in [-0.2, 0) is 23.8 Å². The van der Waals surface area contributed by atoms with Crippen LogP contribution in [0.2, 0.25) is 5.02 Å². The van der Waals surface area contributed by atoms with E-state index in [0.29, 0.717) is 39.8 Å². The predicted molar refractivity (Wildman–Crippen MR) is 157 cm³/mol. The Kier molecular flexibility index (Phi) is 9.07. The number of ether oxygens (including phenoxy) is 2. The van der Waals surface area contributed by atoms with Crippen molar-refractivity contribution in [3.8, 4) is 11.5 Å². The first-order chi connectivity index (χ1) is 20.8. The summed E-state index contributed by atoms with van der Waals surface area (Å²) in [5.41, 5.74) is -1.74. The number of nitrogens with zero attached hydrogens (tertiary/aromatic N) is 3. The number of carbonyl (C=O) groups excluding carboxylic acids is 1. The number of anilines is 1. The van der Waals surface area contributed by atoms with Gasteiger partial charge in [-0.1, -0.05) is 29.8 Å². The maximum absolute atomic E-state index is 13.5. The van der Waals surface area contributed by atoms with Crippen LogP contribution < -0.4 is 14.4 Å². The van der Waals surface area contributed by atoms with Crippen molar-refractivity contribution in [2.24, 2.45) is 4.99 Å². The van der Waals surface area contributed by atoms with E-state index in [1.165, 1.54) is 31.0 Å². The molecule has 5 rings (SSSR count). The molecule has 3 aromatic rings. The molecule has 0 bridgehead atoms. The first kappa shape index (κ1) is 31.6. The zero-order valence-electron chi connectivity index (χ0n) is 23.0. The second-order valence-corrected chi connectivity index (χ2v) is 11.3. The van der Waals surface area contributed by atoms with Gasteiger partial charge in [-0.3, -0.25) is 4.79 Å². The fourth-order valence-corrected chi connectivity index (χ4v) is 5.85. The first-order valence-corrected chi connectivity index (χ1v) is 14.4. The molecule has 3 aromatic carbocycles. The highest BCUT2D eigenvalue weighted by atomic mass is 35.5. The van der Waals surface area contributed by atoms with E-state index in [-0.39, 0.29) is 17.6 Å². The molecule has 2 heterocycles. The number of thioether (sulfide) groups is 1. The van der Waals surface area contributed by atoms with E-state index < -0.39 is 41.6 Å². The van der Waals surface area contributed by atoms with Crippen LogP contribution in [0.4, 0.5) is 32.0 Å². The molecule has 44 heavy (non-hydrogen) atoms. The van der Waals surface area contributed by atoms with E-state index in [1.54, 1.807) is 12.1 Å². The van der Waals surface area contributed by atoms with Gasteiger partial charge in [-0.2, -0.15) is 31.3 Å². The number of aliphatic imine (C=N–C) groups is 1. The lowest BCUT2D eigenvalue weighted by molar-refractivity contribution is -0.143. The average molecular weight is 656 g/mol. The number of halogens is 7. The van der Waals surface area contributed by atoms with E-state index in [9.17, 15) is 31.1 Å². The molecule has 0 spiro atoms. The summed E-state index contributed by atoms with van der Waals surface area (Å²) in [6.07, 6.45) is -8.32. The maximum atomic E-state index is 13.5. The van der Waals surface area contributed by atoms with Crippen molar-refractivity contribution in [3.63, 3.8) is 0 Å². The Morgan fingerprint density at radius 3 is 2.30 bits per heavy atom. The number of amides is 1. The second kappa shape index (κ2) is 12.6. The van der Waals surface area contributed by atoms with E-state index >= 15 is 0 Å². The van der Waals surface area contributed by atoms with Gasteiger partial charge in [0.25, 0.3) is 5.91 Å². The van der Waals surface area contributed by atoms with Gasteiger partial charge in [-0.05, 0) is 65.9 Å². The summed E-state index contributed by atoms with van der Waals surface area (Å²) in [5.74, 6) is -0.167. The highest BCUT2D eigenvalue weighted by Gasteiger charge is 2.38. The van der Waals surface area contributed by atoms with E-state index in [0.717, 1.165) is 24.8 Å². The Morgan fingerprint density at radius 1 is 0.909 bits per heavy atom. The minimum atomic E-state index is -5.02. The van der Waals surface area contributed by atoms with Gasteiger partial charge in [-0.15, -0.1) is 0 Å². The molecular formula is C30H24ClF6N3O3S. The molecule has 0 radical (unpaired) electrons. The lowest BCUT2D eigenvalue weighted by atomic mass is 10.0. The van der Waals surface area contributed by atoms with Crippen molar-refractivity contribution >= 4 is 46.2 Å². The van der Waals surface area contributed by atoms with E-state index in [4.69, 9.17) is 21.1 Å². The lowest BCUT2D eigenvalue weighted by Gasteiger charge is -2.36. The molecule has 6 nitrogen and oxygen atoms in total. The zero-order chi connectivity index (χ0) is 31.6. The summed E-state index contributed by atoms with van der Waals surface area (Å²) in [6, 6.07) is 13.6. The van der Waals surface area contributed by atoms with Crippen LogP contribution in [0.25, 0.3) is 6.08 Å². The Labute approximate surface area is 257 Å². The number of carbonyl (C=O) groups is 1. The van der Waals surface area contributed by atoms with Gasteiger partial charge in [0.1, 0.15) is 6.61 Å². The minimum absolute atomic E-state index is 0.0665. The van der Waals surface area contributed by atoms with Gasteiger partial charge in [0.2, 0.25) is 0 Å². The predicted octanol–water partition coefficient (Wildman–Crippen LogP) is 7.76. The molecule has 0 aromatic heterocycles. The van der Waals surface area contributed by atoms with Crippen LogP contribution in [0.15, 0.2) is 70.6 Å². The third kappa shape index (κ3) is 7.27. The topological polar surface area (TPSA) is 54.4 Å². The number of hydrogen-bond donors (Lipinski definition) is 0. The monoisotopic (exact) mass is 655 g/mol. The van der Waals surface area contributed by atoms with Gasteiger partial charge in [0.05, 0.1) is 23.1 Å². The van der Waals surface area contributed by atoms with Crippen molar-refractivity contribution in [2.45, 2.75) is 19.0 Å². The second-order valence-electron chi connectivity index (χ2n) is 9.83. The number of piperazine rings is 1. The van der Waals surface area contributed by atoms with Crippen molar-refractivity contribution in [3.05, 3.63) is 92.8 Å². The summed E-state index contributed by atoms with van der Waals surface area (Å²) >= 11 is 7.36. The molecule has 2 aliphatic heterocycles. The third-order valence-corrected chi connectivity index (χ3v) is 8.22. The molecule has 0 atom stereocenters. The number of alkyl halides is 6. The number of benzene rings is 3.